The number of anilines is 2. The smallest absolute Gasteiger partial charge is 0.238 e. The lowest BCUT2D eigenvalue weighted by atomic mass is 9.64. The van der Waals surface area contributed by atoms with Crippen LogP contribution in [0.4, 0.5) is 11.4 Å². The summed E-state index contributed by atoms with van der Waals surface area (Å²) in [5.74, 6) is -1.01. The first-order valence-electron chi connectivity index (χ1n) is 12.6. The topological polar surface area (TPSA) is 84.9 Å². The van der Waals surface area contributed by atoms with Crippen molar-refractivity contribution >= 4 is 34.9 Å². The molecule has 1 amide bonds. The van der Waals surface area contributed by atoms with Crippen LogP contribution in [-0.4, -0.2) is 43.8 Å². The lowest BCUT2D eigenvalue weighted by Gasteiger charge is -2.37. The van der Waals surface area contributed by atoms with Gasteiger partial charge in [-0.3, -0.25) is 14.4 Å². The Hall–Kier alpha value is -4.39. The molecule has 1 saturated heterocycles. The van der Waals surface area contributed by atoms with Crippen LogP contribution in [0.3, 0.4) is 0 Å². The van der Waals surface area contributed by atoms with E-state index in [9.17, 15) is 14.4 Å². The molecule has 6 rings (SSSR count). The van der Waals surface area contributed by atoms with Gasteiger partial charge in [0.25, 0.3) is 0 Å². The number of Topliss-reactive ketones (excluding diaryl/α,β-unsaturated/α-hetero) is 2. The molecule has 1 spiro atoms. The van der Waals surface area contributed by atoms with Crippen LogP contribution in [0, 0.1) is 12.8 Å². The molecule has 0 aliphatic carbocycles. The van der Waals surface area contributed by atoms with E-state index < -0.39 is 23.4 Å². The Bertz CT molecular complexity index is 1540. The Morgan fingerprint density at radius 2 is 1.79 bits per heavy atom. The second-order valence-electron chi connectivity index (χ2n) is 10.1. The van der Waals surface area contributed by atoms with Gasteiger partial charge in [-0.15, -0.1) is 0 Å². The number of nitrogens with one attached hydrogen (secondary N) is 1. The average Bonchev–Trinajstić information content (AvgIpc) is 3.40. The van der Waals surface area contributed by atoms with Gasteiger partial charge in [-0.05, 0) is 61.4 Å². The molecule has 3 aromatic rings. The van der Waals surface area contributed by atoms with Gasteiger partial charge in [0.1, 0.15) is 16.9 Å². The number of hydrogen-bond donors (Lipinski definition) is 1. The second-order valence-corrected chi connectivity index (χ2v) is 10.1. The van der Waals surface area contributed by atoms with Gasteiger partial charge >= 0.3 is 0 Å². The van der Waals surface area contributed by atoms with Crippen LogP contribution in [0.15, 0.2) is 66.7 Å². The number of benzene rings is 3. The van der Waals surface area contributed by atoms with Crippen molar-refractivity contribution in [2.45, 2.75) is 31.3 Å². The fourth-order valence-electron chi connectivity index (χ4n) is 6.63. The maximum absolute atomic E-state index is 14.7. The van der Waals surface area contributed by atoms with Crippen molar-refractivity contribution in [3.8, 4) is 11.5 Å². The Morgan fingerprint density at radius 3 is 2.53 bits per heavy atom. The van der Waals surface area contributed by atoms with E-state index in [1.165, 1.54) is 21.1 Å². The molecule has 192 valence electrons. The minimum Gasteiger partial charge on any atom is -0.497 e. The molecule has 7 heteroatoms. The lowest BCUT2D eigenvalue weighted by Crippen LogP contribution is -2.51. The highest BCUT2D eigenvalue weighted by molar-refractivity contribution is 6.17. The van der Waals surface area contributed by atoms with Gasteiger partial charge in [-0.1, -0.05) is 42.0 Å². The molecular weight excluding hydrogens is 480 g/mol. The molecule has 1 N–H and O–H groups in total. The second kappa shape index (κ2) is 8.58. The zero-order chi connectivity index (χ0) is 26.8. The first-order chi connectivity index (χ1) is 18.3. The van der Waals surface area contributed by atoms with E-state index in [-0.39, 0.29) is 23.0 Å². The molecule has 38 heavy (non-hydrogen) atoms. The lowest BCUT2D eigenvalue weighted by molar-refractivity contribution is -0.122. The third-order valence-electron chi connectivity index (χ3n) is 8.16. The molecule has 3 aliphatic heterocycles. The van der Waals surface area contributed by atoms with Gasteiger partial charge in [0, 0.05) is 11.4 Å². The third-order valence-corrected chi connectivity index (χ3v) is 8.16. The van der Waals surface area contributed by atoms with E-state index in [1.807, 2.05) is 60.4 Å². The molecule has 0 aromatic heterocycles. The number of para-hydroxylation sites is 1. The minimum atomic E-state index is -1.34. The van der Waals surface area contributed by atoms with Crippen LogP contribution in [0.5, 0.6) is 11.5 Å². The molecule has 7 nitrogen and oxygen atoms in total. The minimum absolute atomic E-state index is 0.189. The van der Waals surface area contributed by atoms with Gasteiger partial charge in [0.2, 0.25) is 5.91 Å². The average molecular weight is 509 g/mol. The van der Waals surface area contributed by atoms with Crippen LogP contribution in [0.2, 0.25) is 0 Å². The number of aryl methyl sites for hydroxylation is 1. The summed E-state index contributed by atoms with van der Waals surface area (Å²) in [6.45, 7) is 3.50. The summed E-state index contributed by atoms with van der Waals surface area (Å²) in [6, 6.07) is 17.0. The molecule has 4 atom stereocenters. The highest BCUT2D eigenvalue weighted by Gasteiger charge is 2.70. The fraction of sp³-hybridized carbons (Fsp3) is 0.258. The van der Waals surface area contributed by atoms with Crippen molar-refractivity contribution in [2.75, 3.05) is 24.4 Å². The molecule has 3 aromatic carbocycles. The number of ketones is 2. The summed E-state index contributed by atoms with van der Waals surface area (Å²) in [4.78, 5) is 44.4. The summed E-state index contributed by atoms with van der Waals surface area (Å²) in [7, 11) is 3.02. The number of hydrogen-bond acceptors (Lipinski definition) is 6. The Labute approximate surface area is 221 Å². The number of amides is 1. The van der Waals surface area contributed by atoms with E-state index >= 15 is 0 Å². The van der Waals surface area contributed by atoms with Crippen molar-refractivity contribution in [3.05, 3.63) is 89.0 Å². The first kappa shape index (κ1) is 24.0. The van der Waals surface area contributed by atoms with E-state index in [2.05, 4.69) is 11.4 Å². The molecule has 0 saturated carbocycles. The highest BCUT2D eigenvalue weighted by Crippen LogP contribution is 2.58. The van der Waals surface area contributed by atoms with Crippen molar-refractivity contribution in [1.29, 1.82) is 0 Å². The zero-order valence-electron chi connectivity index (χ0n) is 21.6. The number of carbonyl (C=O) groups excluding carboxylic acids is 3. The standard InChI is InChI=1S/C31H28N2O5/c1-17-9-12-24-19(15-17)10-14-26-31(22-7-5-6-8-23(22)32-30(31)36)27(28(18(2)34)33(24)26)29(35)21-16-20(37-3)11-13-25(21)38-4/h5-16,26-28H,1-4H3,(H,32,36)/t26-,27-,28+,31-/m0/s1. The van der Waals surface area contributed by atoms with Gasteiger partial charge in [-0.2, -0.15) is 0 Å². The fourth-order valence-corrected chi connectivity index (χ4v) is 6.63. The van der Waals surface area contributed by atoms with Crippen molar-refractivity contribution in [2.24, 2.45) is 5.92 Å². The summed E-state index contributed by atoms with van der Waals surface area (Å²) in [6.07, 6.45) is 3.96. The molecule has 1 fully saturated rings. The predicted molar refractivity (Wildman–Crippen MR) is 145 cm³/mol. The van der Waals surface area contributed by atoms with E-state index in [0.717, 1.165) is 16.8 Å². The number of methoxy groups -OCH3 is 2. The van der Waals surface area contributed by atoms with Gasteiger partial charge < -0.3 is 19.7 Å². The zero-order valence-corrected chi connectivity index (χ0v) is 21.6. The SMILES string of the molecule is COc1ccc(OC)c(C(=O)[C@@H]2[C@@H](C(C)=O)N3c4ccc(C)cc4C=C[C@H]3[C@]23C(=O)Nc2ccccc23)c1. The van der Waals surface area contributed by atoms with Crippen LogP contribution >= 0.6 is 0 Å². The quantitative estimate of drug-likeness (QED) is 0.508. The number of ether oxygens (including phenoxy) is 2. The number of nitrogens with zero attached hydrogens (tertiary/aromatic N) is 1. The summed E-state index contributed by atoms with van der Waals surface area (Å²) in [5.41, 5.74) is 3.15. The van der Waals surface area contributed by atoms with Gasteiger partial charge in [0.05, 0.1) is 37.8 Å². The van der Waals surface area contributed by atoms with E-state index in [4.69, 9.17) is 9.47 Å². The Morgan fingerprint density at radius 1 is 1.00 bits per heavy atom. The van der Waals surface area contributed by atoms with E-state index in [1.54, 1.807) is 18.2 Å². The molecule has 3 aliphatic rings. The van der Waals surface area contributed by atoms with Gasteiger partial charge in [0.15, 0.2) is 11.6 Å². The number of carbonyl (C=O) groups is 3. The van der Waals surface area contributed by atoms with Crippen molar-refractivity contribution in [3.63, 3.8) is 0 Å². The molecule has 0 radical (unpaired) electrons. The molecule has 0 unspecified atom stereocenters. The number of fused-ring (bicyclic) bond motifs is 6. The van der Waals surface area contributed by atoms with Crippen molar-refractivity contribution in [1.82, 2.24) is 0 Å². The monoisotopic (exact) mass is 508 g/mol. The highest BCUT2D eigenvalue weighted by atomic mass is 16.5. The predicted octanol–water partition coefficient (Wildman–Crippen LogP) is 4.57. The molecule has 3 heterocycles. The molecule has 0 bridgehead atoms. The third kappa shape index (κ3) is 3.11. The first-order valence-corrected chi connectivity index (χ1v) is 12.6. The van der Waals surface area contributed by atoms with Gasteiger partial charge in [-0.25, -0.2) is 0 Å². The van der Waals surface area contributed by atoms with Crippen LogP contribution < -0.4 is 19.7 Å². The summed E-state index contributed by atoms with van der Waals surface area (Å²) < 4.78 is 11.0. The maximum Gasteiger partial charge on any atom is 0.238 e. The van der Waals surface area contributed by atoms with Crippen LogP contribution in [-0.2, 0) is 15.0 Å². The van der Waals surface area contributed by atoms with E-state index in [0.29, 0.717) is 22.7 Å². The largest absolute Gasteiger partial charge is 0.497 e. The number of rotatable bonds is 5. The molecular formula is C31H28N2O5. The van der Waals surface area contributed by atoms with Crippen molar-refractivity contribution < 1.29 is 23.9 Å². The Balaban J connectivity index is 1.66. The summed E-state index contributed by atoms with van der Waals surface area (Å²) >= 11 is 0. The Kier molecular flexibility index (Phi) is 5.42. The van der Waals surface area contributed by atoms with Crippen LogP contribution in [0.25, 0.3) is 6.08 Å². The normalized spacial score (nSPS) is 24.5. The summed E-state index contributed by atoms with van der Waals surface area (Å²) in [5, 5.41) is 3.02. The van der Waals surface area contributed by atoms with Crippen LogP contribution in [0.1, 0.15) is 34.0 Å². The maximum atomic E-state index is 14.7.